The minimum atomic E-state index is -1.22. The molecule has 1 aromatic heterocycles. The van der Waals surface area contributed by atoms with E-state index in [1.807, 2.05) is 0 Å². The number of hydrogen-bond acceptors (Lipinski definition) is 3. The highest BCUT2D eigenvalue weighted by atomic mass is 19.1. The van der Waals surface area contributed by atoms with Crippen molar-refractivity contribution in [2.75, 3.05) is 0 Å². The van der Waals surface area contributed by atoms with Gasteiger partial charge in [0, 0.05) is 18.3 Å². The maximum atomic E-state index is 13.3. The second kappa shape index (κ2) is 3.93. The number of aryl methyl sites for hydroxylation is 1. The number of benzene rings is 1. The fourth-order valence-electron chi connectivity index (χ4n) is 1.46. The molecule has 1 aromatic carbocycles. The van der Waals surface area contributed by atoms with Crippen LogP contribution < -0.4 is 0 Å². The molecule has 0 saturated heterocycles. The Kier molecular flexibility index (Phi) is 2.58. The van der Waals surface area contributed by atoms with E-state index in [9.17, 15) is 18.9 Å². The third kappa shape index (κ3) is 1.99. The number of nitro groups is 1. The second-order valence-corrected chi connectivity index (χ2v) is 3.41. The van der Waals surface area contributed by atoms with Crippen LogP contribution in [0.25, 0.3) is 5.69 Å². The van der Waals surface area contributed by atoms with Gasteiger partial charge in [0.25, 0.3) is 0 Å². The molecule has 0 amide bonds. The largest absolute Gasteiger partial charge is 0.330 e. The number of aromatic nitrogens is 2. The zero-order valence-electron chi connectivity index (χ0n) is 8.72. The summed E-state index contributed by atoms with van der Waals surface area (Å²) in [5.74, 6) is -2.12. The quantitative estimate of drug-likeness (QED) is 0.597. The number of rotatable bonds is 2. The Balaban J connectivity index is 2.71. The molecule has 88 valence electrons. The van der Waals surface area contributed by atoms with Crippen LogP contribution in [-0.4, -0.2) is 14.7 Å². The average Bonchev–Trinajstić information content (AvgIpc) is 2.62. The van der Waals surface area contributed by atoms with Crippen LogP contribution >= 0.6 is 0 Å². The summed E-state index contributed by atoms with van der Waals surface area (Å²) in [5.41, 5.74) is -0.445. The van der Waals surface area contributed by atoms with Crippen LogP contribution in [0.15, 0.2) is 24.4 Å². The summed E-state index contributed by atoms with van der Waals surface area (Å²) in [5, 5.41) is 14.6. The molecule has 1 heterocycles. The molecule has 0 saturated carbocycles. The molecule has 2 aromatic rings. The monoisotopic (exact) mass is 239 g/mol. The van der Waals surface area contributed by atoms with Gasteiger partial charge in [-0.15, -0.1) is 0 Å². The van der Waals surface area contributed by atoms with Crippen molar-refractivity contribution in [2.24, 2.45) is 0 Å². The van der Waals surface area contributed by atoms with E-state index in [-0.39, 0.29) is 5.69 Å². The first-order chi connectivity index (χ1) is 7.99. The zero-order chi connectivity index (χ0) is 12.6. The van der Waals surface area contributed by atoms with Crippen LogP contribution in [-0.2, 0) is 0 Å². The number of hydrogen-bond donors (Lipinski definition) is 0. The zero-order valence-corrected chi connectivity index (χ0v) is 8.72. The summed E-state index contributed by atoms with van der Waals surface area (Å²) in [7, 11) is 0. The van der Waals surface area contributed by atoms with E-state index in [0.717, 1.165) is 10.7 Å². The fourth-order valence-corrected chi connectivity index (χ4v) is 1.46. The number of halogens is 2. The van der Waals surface area contributed by atoms with Gasteiger partial charge in [-0.05, 0) is 13.0 Å². The molecular formula is C10H7F2N3O2. The Morgan fingerprint density at radius 3 is 2.65 bits per heavy atom. The van der Waals surface area contributed by atoms with E-state index in [0.29, 0.717) is 11.8 Å². The summed E-state index contributed by atoms with van der Waals surface area (Å²) < 4.78 is 27.5. The molecule has 0 spiro atoms. The van der Waals surface area contributed by atoms with Crippen LogP contribution in [0.4, 0.5) is 14.5 Å². The van der Waals surface area contributed by atoms with Gasteiger partial charge in [0.1, 0.15) is 11.5 Å². The topological polar surface area (TPSA) is 61.0 Å². The average molecular weight is 239 g/mol. The highest BCUT2D eigenvalue weighted by Gasteiger charge is 2.23. The van der Waals surface area contributed by atoms with Crippen LogP contribution in [0.3, 0.4) is 0 Å². The third-order valence-corrected chi connectivity index (χ3v) is 2.16. The highest BCUT2D eigenvalue weighted by molar-refractivity contribution is 5.53. The van der Waals surface area contributed by atoms with Crippen molar-refractivity contribution in [1.82, 2.24) is 9.78 Å². The normalized spacial score (nSPS) is 10.5. The Bertz CT molecular complexity index is 595. The van der Waals surface area contributed by atoms with Gasteiger partial charge < -0.3 is 0 Å². The molecule has 0 radical (unpaired) electrons. The number of nitro benzene ring substituents is 1. The molecular weight excluding hydrogens is 232 g/mol. The lowest BCUT2D eigenvalue weighted by atomic mass is 10.2. The van der Waals surface area contributed by atoms with Gasteiger partial charge in [-0.3, -0.25) is 10.1 Å². The summed E-state index contributed by atoms with van der Waals surface area (Å²) in [4.78, 5) is 9.83. The van der Waals surface area contributed by atoms with E-state index in [4.69, 9.17) is 0 Å². The molecule has 0 atom stereocenters. The summed E-state index contributed by atoms with van der Waals surface area (Å²) in [6, 6.07) is 2.91. The van der Waals surface area contributed by atoms with E-state index < -0.39 is 22.2 Å². The van der Waals surface area contributed by atoms with E-state index in [2.05, 4.69) is 5.10 Å². The molecule has 0 fully saturated rings. The van der Waals surface area contributed by atoms with Gasteiger partial charge in [-0.2, -0.15) is 9.49 Å². The van der Waals surface area contributed by atoms with E-state index in [1.54, 1.807) is 13.0 Å². The summed E-state index contributed by atoms with van der Waals surface area (Å²) in [6.45, 7) is 1.66. The van der Waals surface area contributed by atoms with Crippen molar-refractivity contribution in [3.8, 4) is 5.69 Å². The first kappa shape index (κ1) is 11.2. The Morgan fingerprint density at radius 1 is 1.41 bits per heavy atom. The summed E-state index contributed by atoms with van der Waals surface area (Å²) in [6.07, 6.45) is 1.40. The Hall–Kier alpha value is -2.31. The molecule has 0 aliphatic heterocycles. The first-order valence-electron chi connectivity index (χ1n) is 4.65. The molecule has 5 nitrogen and oxygen atoms in total. The van der Waals surface area contributed by atoms with Crippen molar-refractivity contribution in [2.45, 2.75) is 6.92 Å². The molecule has 0 N–H and O–H groups in total. The minimum absolute atomic E-state index is 0.236. The molecule has 7 heteroatoms. The van der Waals surface area contributed by atoms with E-state index >= 15 is 0 Å². The van der Waals surface area contributed by atoms with Gasteiger partial charge in [0.2, 0.25) is 5.82 Å². The van der Waals surface area contributed by atoms with Crippen molar-refractivity contribution in [3.63, 3.8) is 0 Å². The standard InChI is InChI=1S/C10H7F2N3O2/c1-6-2-3-14(13-6)9-5-7(11)4-8(12)10(9)15(16)17/h2-5H,1H3. The Labute approximate surface area is 94.4 Å². The maximum Gasteiger partial charge on any atom is 0.330 e. The lowest BCUT2D eigenvalue weighted by Crippen LogP contribution is -2.04. The summed E-state index contributed by atoms with van der Waals surface area (Å²) >= 11 is 0. The fraction of sp³-hybridized carbons (Fsp3) is 0.100. The van der Waals surface area contributed by atoms with Crippen molar-refractivity contribution < 1.29 is 13.7 Å². The predicted octanol–water partition coefficient (Wildman–Crippen LogP) is 2.37. The molecule has 0 aliphatic carbocycles. The van der Waals surface area contributed by atoms with Crippen molar-refractivity contribution in [3.05, 3.63) is 51.8 Å². The van der Waals surface area contributed by atoms with E-state index in [1.165, 1.54) is 6.20 Å². The van der Waals surface area contributed by atoms with Crippen LogP contribution in [0.1, 0.15) is 5.69 Å². The van der Waals surface area contributed by atoms with Crippen LogP contribution in [0.5, 0.6) is 0 Å². The lowest BCUT2D eigenvalue weighted by Gasteiger charge is -2.04. The molecule has 0 aliphatic rings. The molecule has 0 bridgehead atoms. The van der Waals surface area contributed by atoms with Crippen molar-refractivity contribution >= 4 is 5.69 Å². The second-order valence-electron chi connectivity index (χ2n) is 3.41. The first-order valence-corrected chi connectivity index (χ1v) is 4.65. The highest BCUT2D eigenvalue weighted by Crippen LogP contribution is 2.27. The van der Waals surface area contributed by atoms with Crippen molar-refractivity contribution in [1.29, 1.82) is 0 Å². The van der Waals surface area contributed by atoms with Gasteiger partial charge in [-0.1, -0.05) is 0 Å². The molecule has 2 rings (SSSR count). The van der Waals surface area contributed by atoms with Crippen LogP contribution in [0, 0.1) is 28.7 Å². The minimum Gasteiger partial charge on any atom is -0.258 e. The molecule has 0 unspecified atom stereocenters. The van der Waals surface area contributed by atoms with Gasteiger partial charge >= 0.3 is 5.69 Å². The number of nitrogens with zero attached hydrogens (tertiary/aromatic N) is 3. The SMILES string of the molecule is Cc1ccn(-c2cc(F)cc(F)c2[N+](=O)[O-])n1. The lowest BCUT2D eigenvalue weighted by molar-refractivity contribution is -0.387. The van der Waals surface area contributed by atoms with Crippen LogP contribution in [0.2, 0.25) is 0 Å². The van der Waals surface area contributed by atoms with Gasteiger partial charge in [-0.25, -0.2) is 9.07 Å². The Morgan fingerprint density at radius 2 is 2.12 bits per heavy atom. The maximum absolute atomic E-state index is 13.3. The smallest absolute Gasteiger partial charge is 0.258 e. The molecule has 17 heavy (non-hydrogen) atoms. The van der Waals surface area contributed by atoms with Gasteiger partial charge in [0.15, 0.2) is 0 Å². The predicted molar refractivity (Wildman–Crippen MR) is 54.9 cm³/mol. The van der Waals surface area contributed by atoms with Gasteiger partial charge in [0.05, 0.1) is 10.6 Å². The third-order valence-electron chi connectivity index (χ3n) is 2.16.